The maximum absolute atomic E-state index is 12.6. The zero-order chi connectivity index (χ0) is 13.2. The fourth-order valence-electron chi connectivity index (χ4n) is 1.91. The second kappa shape index (κ2) is 4.84. The minimum absolute atomic E-state index is 0.214. The van der Waals surface area contributed by atoms with Crippen molar-refractivity contribution in [3.05, 3.63) is 52.8 Å². The Morgan fingerprint density at radius 3 is 2.44 bits per heavy atom. The third-order valence-electron chi connectivity index (χ3n) is 2.93. The lowest BCUT2D eigenvalue weighted by atomic mass is 10.0. The number of nitrogens with one attached hydrogen (secondary N) is 1. The van der Waals surface area contributed by atoms with Gasteiger partial charge in [0.25, 0.3) is 0 Å². The molecule has 0 radical (unpaired) electrons. The first-order chi connectivity index (χ1) is 8.48. The molecule has 0 atom stereocenters. The smallest absolute Gasteiger partial charge is 0.273 e. The first kappa shape index (κ1) is 12.7. The van der Waals surface area contributed by atoms with Crippen LogP contribution < -0.4 is 0 Å². The summed E-state index contributed by atoms with van der Waals surface area (Å²) in [7, 11) is 0. The van der Waals surface area contributed by atoms with Gasteiger partial charge in [-0.2, -0.15) is 18.3 Å². The van der Waals surface area contributed by atoms with Crippen molar-refractivity contribution in [1.29, 1.82) is 0 Å². The minimum Gasteiger partial charge on any atom is -0.273 e. The number of aryl methyl sites for hydroxylation is 3. The molecule has 2 aromatic rings. The van der Waals surface area contributed by atoms with E-state index in [4.69, 9.17) is 0 Å². The maximum Gasteiger partial charge on any atom is 0.433 e. The van der Waals surface area contributed by atoms with Gasteiger partial charge in [-0.1, -0.05) is 24.3 Å². The van der Waals surface area contributed by atoms with E-state index in [2.05, 4.69) is 5.10 Å². The fraction of sp³-hybridized carbons (Fsp3) is 0.308. The van der Waals surface area contributed by atoms with Crippen LogP contribution in [0.3, 0.4) is 0 Å². The highest BCUT2D eigenvalue weighted by Gasteiger charge is 2.35. The summed E-state index contributed by atoms with van der Waals surface area (Å²) in [5.74, 6) is 0. The molecule has 0 aliphatic carbocycles. The van der Waals surface area contributed by atoms with Crippen LogP contribution in [0.25, 0.3) is 0 Å². The Bertz CT molecular complexity index is 529. The molecular weight excluding hydrogens is 241 g/mol. The lowest BCUT2D eigenvalue weighted by Gasteiger charge is -2.08. The van der Waals surface area contributed by atoms with E-state index in [1.165, 1.54) is 6.20 Å². The largest absolute Gasteiger partial charge is 0.433 e. The van der Waals surface area contributed by atoms with Crippen LogP contribution in [0.4, 0.5) is 13.2 Å². The molecule has 0 aliphatic heterocycles. The van der Waals surface area contributed by atoms with Gasteiger partial charge in [-0.3, -0.25) is 5.10 Å². The molecule has 0 saturated heterocycles. The Labute approximate surface area is 103 Å². The Balaban J connectivity index is 2.12. The highest BCUT2D eigenvalue weighted by molar-refractivity contribution is 5.28. The van der Waals surface area contributed by atoms with E-state index >= 15 is 0 Å². The molecule has 0 spiro atoms. The molecule has 1 aromatic carbocycles. The summed E-state index contributed by atoms with van der Waals surface area (Å²) in [6, 6.07) is 7.69. The van der Waals surface area contributed by atoms with E-state index < -0.39 is 11.9 Å². The highest BCUT2D eigenvalue weighted by atomic mass is 19.4. The van der Waals surface area contributed by atoms with Gasteiger partial charge in [-0.15, -0.1) is 0 Å². The number of rotatable bonds is 3. The van der Waals surface area contributed by atoms with Crippen LogP contribution in [0.2, 0.25) is 0 Å². The van der Waals surface area contributed by atoms with E-state index in [9.17, 15) is 13.2 Å². The van der Waals surface area contributed by atoms with Crippen molar-refractivity contribution in [2.45, 2.75) is 25.9 Å². The molecule has 18 heavy (non-hydrogen) atoms. The van der Waals surface area contributed by atoms with E-state index in [-0.39, 0.29) is 5.56 Å². The number of aromatic nitrogens is 2. The molecule has 1 N–H and O–H groups in total. The van der Waals surface area contributed by atoms with Gasteiger partial charge in [-0.25, -0.2) is 0 Å². The summed E-state index contributed by atoms with van der Waals surface area (Å²) in [6.45, 7) is 1.95. The second-order valence-electron chi connectivity index (χ2n) is 4.19. The van der Waals surface area contributed by atoms with Crippen LogP contribution >= 0.6 is 0 Å². The van der Waals surface area contributed by atoms with Gasteiger partial charge in [0.2, 0.25) is 0 Å². The summed E-state index contributed by atoms with van der Waals surface area (Å²) < 4.78 is 37.8. The first-order valence-electron chi connectivity index (χ1n) is 5.62. The topological polar surface area (TPSA) is 28.7 Å². The molecule has 1 heterocycles. The predicted octanol–water partition coefficient (Wildman–Crippen LogP) is 3.52. The molecular formula is C13H13F3N2. The SMILES string of the molecule is Cc1ccccc1CCc1cn[nH]c1C(F)(F)F. The van der Waals surface area contributed by atoms with Crippen molar-refractivity contribution in [3.63, 3.8) is 0 Å². The van der Waals surface area contributed by atoms with E-state index in [0.29, 0.717) is 12.8 Å². The lowest BCUT2D eigenvalue weighted by molar-refractivity contribution is -0.141. The average molecular weight is 254 g/mol. The Morgan fingerprint density at radius 2 is 1.78 bits per heavy atom. The van der Waals surface area contributed by atoms with Crippen LogP contribution in [-0.4, -0.2) is 10.2 Å². The molecule has 0 saturated carbocycles. The molecule has 96 valence electrons. The summed E-state index contributed by atoms with van der Waals surface area (Å²) >= 11 is 0. The van der Waals surface area contributed by atoms with E-state index in [1.54, 1.807) is 0 Å². The number of benzene rings is 1. The number of aromatic amines is 1. The number of H-pyrrole nitrogens is 1. The predicted molar refractivity (Wildman–Crippen MR) is 62.2 cm³/mol. The summed E-state index contributed by atoms with van der Waals surface area (Å²) in [6.07, 6.45) is -2.20. The molecule has 0 amide bonds. The van der Waals surface area contributed by atoms with E-state index in [0.717, 1.165) is 11.1 Å². The Hall–Kier alpha value is -1.78. The zero-order valence-corrected chi connectivity index (χ0v) is 9.88. The number of alkyl halides is 3. The van der Waals surface area contributed by atoms with Crippen LogP contribution in [0.5, 0.6) is 0 Å². The van der Waals surface area contributed by atoms with Crippen molar-refractivity contribution >= 4 is 0 Å². The van der Waals surface area contributed by atoms with Crippen molar-refractivity contribution < 1.29 is 13.2 Å². The summed E-state index contributed by atoms with van der Waals surface area (Å²) in [4.78, 5) is 0. The van der Waals surface area contributed by atoms with Crippen molar-refractivity contribution in [2.75, 3.05) is 0 Å². The Morgan fingerprint density at radius 1 is 1.11 bits per heavy atom. The quantitative estimate of drug-likeness (QED) is 0.891. The molecule has 0 bridgehead atoms. The number of nitrogens with zero attached hydrogens (tertiary/aromatic N) is 1. The van der Waals surface area contributed by atoms with Crippen molar-refractivity contribution in [1.82, 2.24) is 10.2 Å². The maximum atomic E-state index is 12.6. The average Bonchev–Trinajstić information content (AvgIpc) is 2.76. The van der Waals surface area contributed by atoms with Crippen LogP contribution in [0, 0.1) is 6.92 Å². The lowest BCUT2D eigenvalue weighted by Crippen LogP contribution is -2.09. The van der Waals surface area contributed by atoms with Gasteiger partial charge in [-0.05, 0) is 30.9 Å². The first-order valence-corrected chi connectivity index (χ1v) is 5.62. The molecule has 5 heteroatoms. The van der Waals surface area contributed by atoms with E-state index in [1.807, 2.05) is 36.3 Å². The monoisotopic (exact) mass is 254 g/mol. The van der Waals surface area contributed by atoms with Crippen molar-refractivity contribution in [3.8, 4) is 0 Å². The van der Waals surface area contributed by atoms with Gasteiger partial charge in [0.05, 0.1) is 6.20 Å². The summed E-state index contributed by atoms with van der Waals surface area (Å²) in [5.41, 5.74) is 1.63. The van der Waals surface area contributed by atoms with Gasteiger partial charge in [0.1, 0.15) is 5.69 Å². The Kier molecular flexibility index (Phi) is 3.41. The second-order valence-corrected chi connectivity index (χ2v) is 4.19. The number of hydrogen-bond acceptors (Lipinski definition) is 1. The molecule has 1 aromatic heterocycles. The van der Waals surface area contributed by atoms with Crippen LogP contribution in [0.1, 0.15) is 22.4 Å². The number of hydrogen-bond donors (Lipinski definition) is 1. The standard InChI is InChI=1S/C13H13F3N2/c1-9-4-2-3-5-10(9)6-7-11-8-17-18-12(11)13(14,15)16/h2-5,8H,6-7H2,1H3,(H,17,18). The third kappa shape index (κ3) is 2.72. The van der Waals surface area contributed by atoms with Crippen molar-refractivity contribution in [2.24, 2.45) is 0 Å². The summed E-state index contributed by atoms with van der Waals surface area (Å²) in [5, 5.41) is 5.50. The van der Waals surface area contributed by atoms with Gasteiger partial charge < -0.3 is 0 Å². The van der Waals surface area contributed by atoms with Gasteiger partial charge >= 0.3 is 6.18 Å². The van der Waals surface area contributed by atoms with Crippen LogP contribution in [0.15, 0.2) is 30.5 Å². The van der Waals surface area contributed by atoms with Gasteiger partial charge in [0.15, 0.2) is 0 Å². The zero-order valence-electron chi connectivity index (χ0n) is 9.88. The molecule has 0 unspecified atom stereocenters. The van der Waals surface area contributed by atoms with Gasteiger partial charge in [0, 0.05) is 5.56 Å². The number of halogens is 3. The highest BCUT2D eigenvalue weighted by Crippen LogP contribution is 2.30. The normalized spacial score (nSPS) is 11.8. The minimum atomic E-state index is -4.36. The fourth-order valence-corrected chi connectivity index (χ4v) is 1.91. The molecule has 2 nitrogen and oxygen atoms in total. The molecule has 2 rings (SSSR count). The third-order valence-corrected chi connectivity index (χ3v) is 2.93. The van der Waals surface area contributed by atoms with Crippen LogP contribution in [-0.2, 0) is 19.0 Å². The molecule has 0 fully saturated rings. The molecule has 0 aliphatic rings.